The number of halogens is 1. The van der Waals surface area contributed by atoms with Crippen LogP contribution >= 0.6 is 11.6 Å². The van der Waals surface area contributed by atoms with Crippen molar-refractivity contribution in [2.75, 3.05) is 0 Å². The van der Waals surface area contributed by atoms with Crippen LogP contribution in [-0.2, 0) is 24.9 Å². The number of aromatic nitrogens is 5. The topological polar surface area (TPSA) is 101 Å². The minimum absolute atomic E-state index is 0.0188. The lowest BCUT2D eigenvalue weighted by Gasteiger charge is -2.11. The standard InChI is InChI=1S/C22H20ClN5O4/c1-14-10-17(12-24-11-14)32-21-25-19-18(28(21)13-15-4-6-16(23)7-5-15)20(30)27(8-3-9-29)22(31)26(19)2/h4-7,9-12H,3,8,13H2,1-2H3. The van der Waals surface area contributed by atoms with Gasteiger partial charge in [-0.15, -0.1) is 0 Å². The Bertz CT molecular complexity index is 1420. The van der Waals surface area contributed by atoms with Gasteiger partial charge in [-0.05, 0) is 36.2 Å². The Hall–Kier alpha value is -3.72. The van der Waals surface area contributed by atoms with Crippen molar-refractivity contribution in [1.82, 2.24) is 23.7 Å². The van der Waals surface area contributed by atoms with Crippen LogP contribution in [0.25, 0.3) is 11.2 Å². The maximum atomic E-state index is 13.3. The summed E-state index contributed by atoms with van der Waals surface area (Å²) < 4.78 is 9.91. The molecule has 4 aromatic rings. The van der Waals surface area contributed by atoms with Gasteiger partial charge in [-0.3, -0.25) is 23.5 Å². The van der Waals surface area contributed by atoms with E-state index < -0.39 is 11.2 Å². The zero-order chi connectivity index (χ0) is 22.8. The van der Waals surface area contributed by atoms with Gasteiger partial charge in [-0.25, -0.2) is 4.79 Å². The first-order valence-electron chi connectivity index (χ1n) is 9.86. The summed E-state index contributed by atoms with van der Waals surface area (Å²) in [5.41, 5.74) is 1.04. The Kier molecular flexibility index (Phi) is 5.91. The molecule has 1 aromatic carbocycles. The lowest BCUT2D eigenvalue weighted by Crippen LogP contribution is -2.39. The highest BCUT2D eigenvalue weighted by molar-refractivity contribution is 6.30. The molecule has 3 aromatic heterocycles. The van der Waals surface area contributed by atoms with E-state index in [0.29, 0.717) is 17.1 Å². The number of nitrogens with zero attached hydrogens (tertiary/aromatic N) is 5. The molecule has 0 aliphatic carbocycles. The molecule has 0 atom stereocenters. The second-order valence-electron chi connectivity index (χ2n) is 7.33. The molecule has 0 saturated heterocycles. The molecule has 0 aliphatic heterocycles. The first-order valence-corrected chi connectivity index (χ1v) is 10.2. The number of aryl methyl sites for hydroxylation is 2. The zero-order valence-corrected chi connectivity index (χ0v) is 18.2. The van der Waals surface area contributed by atoms with E-state index in [4.69, 9.17) is 16.3 Å². The fraction of sp³-hybridized carbons (Fsp3) is 0.227. The monoisotopic (exact) mass is 453 g/mol. The van der Waals surface area contributed by atoms with Crippen LogP contribution in [0.2, 0.25) is 5.02 Å². The second kappa shape index (κ2) is 8.80. The minimum atomic E-state index is -0.552. The third kappa shape index (κ3) is 4.06. The molecule has 0 N–H and O–H groups in total. The molecule has 3 heterocycles. The van der Waals surface area contributed by atoms with Gasteiger partial charge in [0.15, 0.2) is 11.2 Å². The number of benzene rings is 1. The number of pyridine rings is 1. The van der Waals surface area contributed by atoms with Gasteiger partial charge in [-0.2, -0.15) is 4.98 Å². The first kappa shape index (κ1) is 21.5. The van der Waals surface area contributed by atoms with Crippen LogP contribution in [0.15, 0.2) is 52.3 Å². The number of hydrogen-bond acceptors (Lipinski definition) is 6. The van der Waals surface area contributed by atoms with Crippen molar-refractivity contribution in [2.24, 2.45) is 7.05 Å². The maximum absolute atomic E-state index is 13.3. The average Bonchev–Trinajstić information content (AvgIpc) is 3.12. The van der Waals surface area contributed by atoms with Gasteiger partial charge in [0.25, 0.3) is 5.56 Å². The molecular weight excluding hydrogens is 434 g/mol. The van der Waals surface area contributed by atoms with E-state index in [2.05, 4.69) is 9.97 Å². The van der Waals surface area contributed by atoms with E-state index in [1.807, 2.05) is 19.1 Å². The first-order chi connectivity index (χ1) is 15.4. The highest BCUT2D eigenvalue weighted by Gasteiger charge is 2.22. The summed E-state index contributed by atoms with van der Waals surface area (Å²) in [5.74, 6) is 0.448. The molecule has 0 fully saturated rings. The van der Waals surface area contributed by atoms with Gasteiger partial charge >= 0.3 is 11.7 Å². The van der Waals surface area contributed by atoms with Crippen molar-refractivity contribution in [3.63, 3.8) is 0 Å². The predicted molar refractivity (Wildman–Crippen MR) is 120 cm³/mol. The Labute approximate surface area is 187 Å². The number of imidazole rings is 1. The van der Waals surface area contributed by atoms with Gasteiger partial charge in [0.2, 0.25) is 0 Å². The van der Waals surface area contributed by atoms with E-state index in [0.717, 1.165) is 15.7 Å². The highest BCUT2D eigenvalue weighted by atomic mass is 35.5. The molecule has 0 bridgehead atoms. The number of carbonyl (C=O) groups excluding carboxylic acids is 1. The lowest BCUT2D eigenvalue weighted by molar-refractivity contribution is -0.108. The maximum Gasteiger partial charge on any atom is 0.332 e. The molecule has 0 unspecified atom stereocenters. The van der Waals surface area contributed by atoms with Crippen molar-refractivity contribution >= 4 is 29.1 Å². The van der Waals surface area contributed by atoms with Crippen molar-refractivity contribution in [2.45, 2.75) is 26.4 Å². The number of carbonyl (C=O) groups is 1. The van der Waals surface area contributed by atoms with Gasteiger partial charge in [0, 0.05) is 31.2 Å². The number of fused-ring (bicyclic) bond motifs is 1. The van der Waals surface area contributed by atoms with Crippen molar-refractivity contribution in [3.8, 4) is 11.8 Å². The van der Waals surface area contributed by atoms with Crippen LogP contribution < -0.4 is 16.0 Å². The third-order valence-corrected chi connectivity index (χ3v) is 5.23. The van der Waals surface area contributed by atoms with Crippen molar-refractivity contribution < 1.29 is 9.53 Å². The van der Waals surface area contributed by atoms with E-state index >= 15 is 0 Å². The summed E-state index contributed by atoms with van der Waals surface area (Å²) in [6.07, 6.45) is 3.95. The minimum Gasteiger partial charge on any atom is -0.424 e. The smallest absolute Gasteiger partial charge is 0.332 e. The fourth-order valence-corrected chi connectivity index (χ4v) is 3.54. The highest BCUT2D eigenvalue weighted by Crippen LogP contribution is 2.25. The molecule has 10 heteroatoms. The molecular formula is C22H20ClN5O4. The molecule has 0 aliphatic rings. The van der Waals surface area contributed by atoms with Crippen LogP contribution in [-0.4, -0.2) is 30.0 Å². The van der Waals surface area contributed by atoms with Crippen molar-refractivity contribution in [3.05, 3.63) is 79.7 Å². The number of ether oxygens (including phenoxy) is 1. The molecule has 4 rings (SSSR count). The van der Waals surface area contributed by atoms with E-state index in [1.54, 1.807) is 35.2 Å². The predicted octanol–water partition coefficient (Wildman–Crippen LogP) is 2.68. The van der Waals surface area contributed by atoms with Gasteiger partial charge < -0.3 is 9.53 Å². The van der Waals surface area contributed by atoms with Crippen molar-refractivity contribution in [1.29, 1.82) is 0 Å². The number of rotatable bonds is 7. The van der Waals surface area contributed by atoms with Crippen LogP contribution in [0.1, 0.15) is 17.5 Å². The van der Waals surface area contributed by atoms with Gasteiger partial charge in [0.1, 0.15) is 12.0 Å². The Balaban J connectivity index is 1.94. The molecule has 0 amide bonds. The summed E-state index contributed by atoms with van der Waals surface area (Å²) in [7, 11) is 1.53. The summed E-state index contributed by atoms with van der Waals surface area (Å²) in [6, 6.07) is 9.10. The summed E-state index contributed by atoms with van der Waals surface area (Å²) in [6.45, 7) is 2.12. The summed E-state index contributed by atoms with van der Waals surface area (Å²) in [4.78, 5) is 45.4. The fourth-order valence-electron chi connectivity index (χ4n) is 3.42. The Morgan fingerprint density at radius 2 is 1.88 bits per heavy atom. The van der Waals surface area contributed by atoms with E-state index in [-0.39, 0.29) is 36.7 Å². The molecule has 164 valence electrons. The zero-order valence-electron chi connectivity index (χ0n) is 17.5. The average molecular weight is 454 g/mol. The normalized spacial score (nSPS) is 11.1. The quantitative estimate of drug-likeness (QED) is 0.399. The SMILES string of the molecule is Cc1cncc(Oc2nc3c(c(=O)n(CCC=O)c(=O)n3C)n2Cc2ccc(Cl)cc2)c1. The molecule has 9 nitrogen and oxygen atoms in total. The van der Waals surface area contributed by atoms with E-state index in [1.165, 1.54) is 11.6 Å². The van der Waals surface area contributed by atoms with Gasteiger partial charge in [0.05, 0.1) is 12.7 Å². The van der Waals surface area contributed by atoms with Crippen LogP contribution in [0, 0.1) is 6.92 Å². The molecule has 0 spiro atoms. The van der Waals surface area contributed by atoms with Crippen LogP contribution in [0.5, 0.6) is 11.8 Å². The van der Waals surface area contributed by atoms with Gasteiger partial charge in [-0.1, -0.05) is 23.7 Å². The van der Waals surface area contributed by atoms with E-state index in [9.17, 15) is 14.4 Å². The Morgan fingerprint density at radius 1 is 1.12 bits per heavy atom. The second-order valence-corrected chi connectivity index (χ2v) is 7.77. The number of hydrogen-bond donors (Lipinski definition) is 0. The number of aldehydes is 1. The molecule has 32 heavy (non-hydrogen) atoms. The molecule has 0 saturated carbocycles. The third-order valence-electron chi connectivity index (χ3n) is 4.98. The Morgan fingerprint density at radius 3 is 2.56 bits per heavy atom. The lowest BCUT2D eigenvalue weighted by atomic mass is 10.2. The van der Waals surface area contributed by atoms with Crippen LogP contribution in [0.3, 0.4) is 0 Å². The summed E-state index contributed by atoms with van der Waals surface area (Å²) in [5, 5.41) is 0.588. The summed E-state index contributed by atoms with van der Waals surface area (Å²) >= 11 is 6.00. The van der Waals surface area contributed by atoms with Crippen LogP contribution in [0.4, 0.5) is 0 Å². The molecule has 0 radical (unpaired) electrons. The largest absolute Gasteiger partial charge is 0.424 e.